The first-order valence-electron chi connectivity index (χ1n) is 7.91. The number of hydrogen-bond acceptors (Lipinski definition) is 2. The van der Waals surface area contributed by atoms with E-state index in [1.54, 1.807) is 0 Å². The SMILES string of the molecule is Cl.O=C(CC1CCCc2ccccc21)NC1CCNCC1. The second-order valence-corrected chi connectivity index (χ2v) is 6.08. The molecule has 116 valence electrons. The zero-order valence-corrected chi connectivity index (χ0v) is 13.3. The zero-order valence-electron chi connectivity index (χ0n) is 12.4. The van der Waals surface area contributed by atoms with Gasteiger partial charge in [-0.05, 0) is 62.2 Å². The van der Waals surface area contributed by atoms with Crippen molar-refractivity contribution in [3.63, 3.8) is 0 Å². The molecule has 0 radical (unpaired) electrons. The molecule has 1 unspecified atom stereocenters. The minimum atomic E-state index is 0. The third kappa shape index (κ3) is 4.21. The van der Waals surface area contributed by atoms with E-state index >= 15 is 0 Å². The molecule has 1 amide bonds. The maximum atomic E-state index is 12.3. The van der Waals surface area contributed by atoms with Crippen LogP contribution in [0.4, 0.5) is 0 Å². The van der Waals surface area contributed by atoms with Crippen LogP contribution in [0.2, 0.25) is 0 Å². The van der Waals surface area contributed by atoms with Crippen molar-refractivity contribution >= 4 is 18.3 Å². The summed E-state index contributed by atoms with van der Waals surface area (Å²) in [7, 11) is 0. The van der Waals surface area contributed by atoms with Gasteiger partial charge in [-0.1, -0.05) is 24.3 Å². The highest BCUT2D eigenvalue weighted by Crippen LogP contribution is 2.33. The van der Waals surface area contributed by atoms with Gasteiger partial charge >= 0.3 is 0 Å². The molecule has 1 fully saturated rings. The summed E-state index contributed by atoms with van der Waals surface area (Å²) in [4.78, 5) is 12.3. The number of aryl methyl sites for hydroxylation is 1. The fourth-order valence-corrected chi connectivity index (χ4v) is 3.54. The molecule has 0 bridgehead atoms. The Kier molecular flexibility index (Phi) is 6.07. The lowest BCUT2D eigenvalue weighted by molar-refractivity contribution is -0.122. The monoisotopic (exact) mass is 308 g/mol. The first-order chi connectivity index (χ1) is 9.83. The first kappa shape index (κ1) is 16.3. The van der Waals surface area contributed by atoms with E-state index in [0.29, 0.717) is 18.4 Å². The van der Waals surface area contributed by atoms with Crippen molar-refractivity contribution in [2.75, 3.05) is 13.1 Å². The number of hydrogen-bond donors (Lipinski definition) is 2. The average Bonchev–Trinajstić information content (AvgIpc) is 2.48. The van der Waals surface area contributed by atoms with Gasteiger partial charge in [0, 0.05) is 12.5 Å². The fraction of sp³-hybridized carbons (Fsp3) is 0.588. The molecule has 1 saturated heterocycles. The van der Waals surface area contributed by atoms with Gasteiger partial charge in [0.15, 0.2) is 0 Å². The Morgan fingerprint density at radius 1 is 1.19 bits per heavy atom. The van der Waals surface area contributed by atoms with Crippen LogP contribution in [0.3, 0.4) is 0 Å². The maximum Gasteiger partial charge on any atom is 0.220 e. The number of piperidine rings is 1. The van der Waals surface area contributed by atoms with Crippen molar-refractivity contribution in [2.45, 2.75) is 50.5 Å². The highest BCUT2D eigenvalue weighted by atomic mass is 35.5. The second-order valence-electron chi connectivity index (χ2n) is 6.08. The van der Waals surface area contributed by atoms with Crippen LogP contribution < -0.4 is 10.6 Å². The smallest absolute Gasteiger partial charge is 0.220 e. The highest BCUT2D eigenvalue weighted by Gasteiger charge is 2.23. The molecule has 1 heterocycles. The predicted molar refractivity (Wildman–Crippen MR) is 88.0 cm³/mol. The number of carbonyl (C=O) groups excluding carboxylic acids is 1. The Balaban J connectivity index is 0.00000161. The van der Waals surface area contributed by atoms with E-state index in [1.807, 2.05) is 0 Å². The fourth-order valence-electron chi connectivity index (χ4n) is 3.54. The van der Waals surface area contributed by atoms with Crippen molar-refractivity contribution in [3.05, 3.63) is 35.4 Å². The zero-order chi connectivity index (χ0) is 13.8. The predicted octanol–water partition coefficient (Wildman–Crippen LogP) is 2.79. The van der Waals surface area contributed by atoms with Crippen molar-refractivity contribution in [1.82, 2.24) is 10.6 Å². The molecular weight excluding hydrogens is 284 g/mol. The van der Waals surface area contributed by atoms with Gasteiger partial charge in [-0.2, -0.15) is 0 Å². The normalized spacial score (nSPS) is 22.0. The largest absolute Gasteiger partial charge is 0.353 e. The minimum absolute atomic E-state index is 0. The number of rotatable bonds is 3. The molecule has 2 N–H and O–H groups in total. The molecule has 3 nitrogen and oxygen atoms in total. The van der Waals surface area contributed by atoms with E-state index in [0.717, 1.165) is 32.4 Å². The third-order valence-corrected chi connectivity index (χ3v) is 4.63. The number of benzene rings is 1. The van der Waals surface area contributed by atoms with Crippen molar-refractivity contribution in [2.24, 2.45) is 0 Å². The Bertz CT molecular complexity index is 472. The summed E-state index contributed by atoms with van der Waals surface area (Å²) in [5.74, 6) is 0.653. The van der Waals surface area contributed by atoms with Gasteiger partial charge in [-0.3, -0.25) is 4.79 Å². The standard InChI is InChI=1S/C17H24N2O.ClH/c20-17(19-15-8-10-18-11-9-15)12-14-6-3-5-13-4-1-2-7-16(13)14;/h1-2,4,7,14-15,18H,3,5-6,8-12H2,(H,19,20);1H. The summed E-state index contributed by atoms with van der Waals surface area (Å²) >= 11 is 0. The van der Waals surface area contributed by atoms with E-state index in [9.17, 15) is 4.79 Å². The number of halogens is 1. The van der Waals surface area contributed by atoms with Crippen LogP contribution >= 0.6 is 12.4 Å². The summed E-state index contributed by atoms with van der Waals surface area (Å²) in [6.07, 6.45) is 6.31. The van der Waals surface area contributed by atoms with E-state index in [1.165, 1.54) is 24.0 Å². The summed E-state index contributed by atoms with van der Waals surface area (Å²) in [5, 5.41) is 6.55. The van der Waals surface area contributed by atoms with Crippen LogP contribution in [0, 0.1) is 0 Å². The van der Waals surface area contributed by atoms with Gasteiger partial charge < -0.3 is 10.6 Å². The second kappa shape index (κ2) is 7.81. The van der Waals surface area contributed by atoms with Gasteiger partial charge in [0.2, 0.25) is 5.91 Å². The van der Waals surface area contributed by atoms with E-state index < -0.39 is 0 Å². The summed E-state index contributed by atoms with van der Waals surface area (Å²) in [5.41, 5.74) is 2.85. The summed E-state index contributed by atoms with van der Waals surface area (Å²) < 4.78 is 0. The molecule has 0 saturated carbocycles. The van der Waals surface area contributed by atoms with Crippen LogP contribution in [0.1, 0.15) is 49.1 Å². The van der Waals surface area contributed by atoms with E-state index in [4.69, 9.17) is 0 Å². The number of fused-ring (bicyclic) bond motifs is 1. The lowest BCUT2D eigenvalue weighted by Gasteiger charge is -2.27. The molecule has 1 aliphatic heterocycles. The Morgan fingerprint density at radius 3 is 2.76 bits per heavy atom. The van der Waals surface area contributed by atoms with Gasteiger partial charge in [-0.25, -0.2) is 0 Å². The van der Waals surface area contributed by atoms with Crippen LogP contribution in [0.5, 0.6) is 0 Å². The molecule has 0 spiro atoms. The molecule has 1 aromatic carbocycles. The first-order valence-corrected chi connectivity index (χ1v) is 7.91. The Hall–Kier alpha value is -1.06. The van der Waals surface area contributed by atoms with Crippen LogP contribution in [-0.2, 0) is 11.2 Å². The van der Waals surface area contributed by atoms with Gasteiger partial charge in [-0.15, -0.1) is 12.4 Å². The molecule has 2 aliphatic rings. The van der Waals surface area contributed by atoms with E-state index in [2.05, 4.69) is 34.9 Å². The lowest BCUT2D eigenvalue weighted by atomic mass is 9.81. The summed E-state index contributed by atoms with van der Waals surface area (Å²) in [6, 6.07) is 9.00. The number of carbonyl (C=O) groups is 1. The van der Waals surface area contributed by atoms with E-state index in [-0.39, 0.29) is 18.3 Å². The van der Waals surface area contributed by atoms with Gasteiger partial charge in [0.1, 0.15) is 0 Å². The van der Waals surface area contributed by atoms with Crippen LogP contribution in [0.25, 0.3) is 0 Å². The minimum Gasteiger partial charge on any atom is -0.353 e. The highest BCUT2D eigenvalue weighted by molar-refractivity contribution is 5.85. The summed E-state index contributed by atoms with van der Waals surface area (Å²) in [6.45, 7) is 2.05. The van der Waals surface area contributed by atoms with Crippen molar-refractivity contribution in [3.8, 4) is 0 Å². The maximum absolute atomic E-state index is 12.3. The van der Waals surface area contributed by atoms with Crippen molar-refractivity contribution < 1.29 is 4.79 Å². The van der Waals surface area contributed by atoms with Gasteiger partial charge in [0.05, 0.1) is 0 Å². The molecule has 4 heteroatoms. The lowest BCUT2D eigenvalue weighted by Crippen LogP contribution is -2.43. The van der Waals surface area contributed by atoms with Crippen molar-refractivity contribution in [1.29, 1.82) is 0 Å². The number of nitrogens with one attached hydrogen (secondary N) is 2. The molecule has 1 aliphatic carbocycles. The Labute approximate surface area is 133 Å². The molecular formula is C17H25ClN2O. The molecule has 21 heavy (non-hydrogen) atoms. The third-order valence-electron chi connectivity index (χ3n) is 4.63. The molecule has 1 aromatic rings. The van der Waals surface area contributed by atoms with Crippen LogP contribution in [-0.4, -0.2) is 25.0 Å². The molecule has 3 rings (SSSR count). The average molecular weight is 309 g/mol. The van der Waals surface area contributed by atoms with Crippen LogP contribution in [0.15, 0.2) is 24.3 Å². The number of amides is 1. The quantitative estimate of drug-likeness (QED) is 0.901. The molecule has 1 atom stereocenters. The van der Waals surface area contributed by atoms with Gasteiger partial charge in [0.25, 0.3) is 0 Å². The molecule has 0 aromatic heterocycles. The topological polar surface area (TPSA) is 41.1 Å². The Morgan fingerprint density at radius 2 is 1.95 bits per heavy atom.